The number of carbonyl (C=O) groups excluding carboxylic acids is 2. The molecular formula is C20H28N4O4S. The molecule has 0 radical (unpaired) electrons. The minimum Gasteiger partial charge on any atom is -0.353 e. The number of nitrogens with zero attached hydrogens (tertiary/aromatic N) is 2. The van der Waals surface area contributed by atoms with Crippen LogP contribution in [-0.2, 0) is 19.6 Å². The molecular weight excluding hydrogens is 392 g/mol. The second kappa shape index (κ2) is 8.41. The number of hydrogen-bond donors (Lipinski definition) is 2. The van der Waals surface area contributed by atoms with Crippen LogP contribution in [0.5, 0.6) is 0 Å². The first-order valence-corrected chi connectivity index (χ1v) is 11.8. The maximum absolute atomic E-state index is 12.6. The zero-order chi connectivity index (χ0) is 20.4. The molecule has 0 bridgehead atoms. The SMILES string of the molecule is O=C1NC[C@@H](CCC(=O)N2CCCC2)N2C[C@H](NS(=O)(=O)c3ccccc3)C[C@@H]12. The summed E-state index contributed by atoms with van der Waals surface area (Å²) in [7, 11) is -3.63. The molecule has 3 aliphatic rings. The summed E-state index contributed by atoms with van der Waals surface area (Å²) in [5, 5.41) is 2.93. The summed E-state index contributed by atoms with van der Waals surface area (Å²) in [6.45, 7) is 2.67. The number of fused-ring (bicyclic) bond motifs is 1. The lowest BCUT2D eigenvalue weighted by Gasteiger charge is -2.37. The summed E-state index contributed by atoms with van der Waals surface area (Å²) < 4.78 is 28.0. The third kappa shape index (κ3) is 4.46. The van der Waals surface area contributed by atoms with Gasteiger partial charge in [0.05, 0.1) is 10.9 Å². The zero-order valence-electron chi connectivity index (χ0n) is 16.4. The lowest BCUT2D eigenvalue weighted by molar-refractivity contribution is -0.131. The molecule has 0 unspecified atom stereocenters. The smallest absolute Gasteiger partial charge is 0.240 e. The van der Waals surface area contributed by atoms with Gasteiger partial charge in [-0.15, -0.1) is 0 Å². The third-order valence-corrected chi connectivity index (χ3v) is 7.68. The van der Waals surface area contributed by atoms with Gasteiger partial charge >= 0.3 is 0 Å². The molecule has 3 atom stereocenters. The monoisotopic (exact) mass is 420 g/mol. The second-order valence-corrected chi connectivity index (χ2v) is 9.82. The van der Waals surface area contributed by atoms with E-state index in [9.17, 15) is 18.0 Å². The van der Waals surface area contributed by atoms with Crippen LogP contribution in [0.3, 0.4) is 0 Å². The number of nitrogens with one attached hydrogen (secondary N) is 2. The van der Waals surface area contributed by atoms with Gasteiger partial charge < -0.3 is 10.2 Å². The van der Waals surface area contributed by atoms with Gasteiger partial charge in [0.1, 0.15) is 0 Å². The Morgan fingerprint density at radius 2 is 1.90 bits per heavy atom. The summed E-state index contributed by atoms with van der Waals surface area (Å²) >= 11 is 0. The Balaban J connectivity index is 1.38. The molecule has 158 valence electrons. The van der Waals surface area contributed by atoms with Crippen molar-refractivity contribution in [3.8, 4) is 0 Å². The predicted molar refractivity (Wildman–Crippen MR) is 108 cm³/mol. The van der Waals surface area contributed by atoms with E-state index >= 15 is 0 Å². The van der Waals surface area contributed by atoms with Crippen molar-refractivity contribution >= 4 is 21.8 Å². The van der Waals surface area contributed by atoms with Crippen molar-refractivity contribution in [1.82, 2.24) is 19.8 Å². The van der Waals surface area contributed by atoms with Crippen molar-refractivity contribution in [2.45, 2.75) is 55.1 Å². The van der Waals surface area contributed by atoms with Crippen LogP contribution in [0, 0.1) is 0 Å². The molecule has 8 nitrogen and oxygen atoms in total. The van der Waals surface area contributed by atoms with E-state index in [1.165, 1.54) is 0 Å². The van der Waals surface area contributed by atoms with E-state index in [-0.39, 0.29) is 34.8 Å². The van der Waals surface area contributed by atoms with E-state index in [1.807, 2.05) is 4.90 Å². The van der Waals surface area contributed by atoms with Crippen LogP contribution in [-0.4, -0.2) is 74.3 Å². The van der Waals surface area contributed by atoms with Crippen LogP contribution in [0.4, 0.5) is 0 Å². The van der Waals surface area contributed by atoms with Gasteiger partial charge in [-0.1, -0.05) is 18.2 Å². The van der Waals surface area contributed by atoms with E-state index in [1.54, 1.807) is 30.3 Å². The first kappa shape index (κ1) is 20.3. The summed E-state index contributed by atoms with van der Waals surface area (Å²) in [5.74, 6) is 0.116. The van der Waals surface area contributed by atoms with Crippen molar-refractivity contribution < 1.29 is 18.0 Å². The first-order valence-electron chi connectivity index (χ1n) is 10.3. The summed E-state index contributed by atoms with van der Waals surface area (Å²) in [6, 6.07) is 7.64. The van der Waals surface area contributed by atoms with Gasteiger partial charge in [0.15, 0.2) is 0 Å². The molecule has 29 heavy (non-hydrogen) atoms. The lowest BCUT2D eigenvalue weighted by Crippen LogP contribution is -2.58. The minimum atomic E-state index is -3.63. The van der Waals surface area contributed by atoms with Crippen LogP contribution < -0.4 is 10.0 Å². The van der Waals surface area contributed by atoms with Crippen molar-refractivity contribution in [2.75, 3.05) is 26.2 Å². The maximum Gasteiger partial charge on any atom is 0.240 e. The Morgan fingerprint density at radius 3 is 2.62 bits per heavy atom. The molecule has 0 aliphatic carbocycles. The number of amides is 2. The average molecular weight is 421 g/mol. The molecule has 9 heteroatoms. The summed E-state index contributed by atoms with van der Waals surface area (Å²) in [4.78, 5) is 28.9. The summed E-state index contributed by atoms with van der Waals surface area (Å²) in [6.07, 6.45) is 3.72. The lowest BCUT2D eigenvalue weighted by atomic mass is 10.0. The number of benzene rings is 1. The number of rotatable bonds is 6. The first-order chi connectivity index (χ1) is 13.9. The highest BCUT2D eigenvalue weighted by Crippen LogP contribution is 2.27. The van der Waals surface area contributed by atoms with Gasteiger partial charge in [0.25, 0.3) is 0 Å². The van der Waals surface area contributed by atoms with Gasteiger partial charge in [0.2, 0.25) is 21.8 Å². The van der Waals surface area contributed by atoms with E-state index in [0.717, 1.165) is 25.9 Å². The Bertz CT molecular complexity index is 854. The van der Waals surface area contributed by atoms with Crippen LogP contribution in [0.1, 0.15) is 32.1 Å². The molecule has 2 amide bonds. The van der Waals surface area contributed by atoms with Gasteiger partial charge in [-0.2, -0.15) is 0 Å². The molecule has 3 aliphatic heterocycles. The van der Waals surface area contributed by atoms with Crippen molar-refractivity contribution in [3.63, 3.8) is 0 Å². The van der Waals surface area contributed by atoms with Gasteiger partial charge in [0, 0.05) is 44.7 Å². The Morgan fingerprint density at radius 1 is 1.17 bits per heavy atom. The maximum atomic E-state index is 12.6. The van der Waals surface area contributed by atoms with Crippen LogP contribution >= 0.6 is 0 Å². The van der Waals surface area contributed by atoms with Gasteiger partial charge in [-0.25, -0.2) is 13.1 Å². The fraction of sp³-hybridized carbons (Fsp3) is 0.600. The highest BCUT2D eigenvalue weighted by atomic mass is 32.2. The van der Waals surface area contributed by atoms with Crippen molar-refractivity contribution in [1.29, 1.82) is 0 Å². The van der Waals surface area contributed by atoms with Crippen molar-refractivity contribution in [3.05, 3.63) is 30.3 Å². The quantitative estimate of drug-likeness (QED) is 0.690. The molecule has 3 saturated heterocycles. The highest BCUT2D eigenvalue weighted by molar-refractivity contribution is 7.89. The van der Waals surface area contributed by atoms with Gasteiger partial charge in [-0.05, 0) is 37.8 Å². The summed E-state index contributed by atoms with van der Waals surface area (Å²) in [5.41, 5.74) is 0. The number of likely N-dealkylation sites (tertiary alicyclic amines) is 1. The van der Waals surface area contributed by atoms with Gasteiger partial charge in [-0.3, -0.25) is 14.5 Å². The Kier molecular flexibility index (Phi) is 5.89. The van der Waals surface area contributed by atoms with Crippen molar-refractivity contribution in [2.24, 2.45) is 0 Å². The molecule has 3 heterocycles. The molecule has 0 aromatic heterocycles. The molecule has 4 rings (SSSR count). The topological polar surface area (TPSA) is 98.8 Å². The second-order valence-electron chi connectivity index (χ2n) is 8.11. The van der Waals surface area contributed by atoms with Crippen LogP contribution in [0.2, 0.25) is 0 Å². The van der Waals surface area contributed by atoms with Crippen LogP contribution in [0.25, 0.3) is 0 Å². The number of piperazine rings is 1. The fourth-order valence-electron chi connectivity index (χ4n) is 4.63. The standard InChI is InChI=1S/C20H28N4O4S/c25-19(23-10-4-5-11-23)9-8-16-13-21-20(26)18-12-15(14-24(16)18)22-29(27,28)17-6-2-1-3-7-17/h1-3,6-7,15-16,18,22H,4-5,8-14H2,(H,21,26)/t15-,16-,18+/m1/s1. The molecule has 0 saturated carbocycles. The number of sulfonamides is 1. The van der Waals surface area contributed by atoms with E-state index in [2.05, 4.69) is 14.9 Å². The van der Waals surface area contributed by atoms with E-state index in [4.69, 9.17) is 0 Å². The largest absolute Gasteiger partial charge is 0.353 e. The molecule has 0 spiro atoms. The molecule has 2 N–H and O–H groups in total. The molecule has 3 fully saturated rings. The third-order valence-electron chi connectivity index (χ3n) is 6.15. The Labute approximate surface area is 171 Å². The molecule has 1 aromatic rings. The number of carbonyl (C=O) groups is 2. The average Bonchev–Trinajstić information content (AvgIpc) is 3.38. The van der Waals surface area contributed by atoms with Crippen LogP contribution in [0.15, 0.2) is 35.2 Å². The van der Waals surface area contributed by atoms with E-state index in [0.29, 0.717) is 32.4 Å². The number of hydrogen-bond acceptors (Lipinski definition) is 5. The van der Waals surface area contributed by atoms with E-state index < -0.39 is 10.0 Å². The molecule has 1 aromatic carbocycles. The Hall–Kier alpha value is -1.97. The zero-order valence-corrected chi connectivity index (χ0v) is 17.2. The minimum absolute atomic E-state index is 0.0514. The highest BCUT2D eigenvalue weighted by Gasteiger charge is 2.44. The predicted octanol–water partition coefficient (Wildman–Crippen LogP) is 0.309. The fourth-order valence-corrected chi connectivity index (χ4v) is 5.89. The normalized spacial score (nSPS) is 27.7.